The molecule has 8 nitrogen and oxygen atoms in total. The van der Waals surface area contributed by atoms with Crippen LogP contribution in [0.4, 0.5) is 4.39 Å². The average molecular weight is 433 g/mol. The summed E-state index contributed by atoms with van der Waals surface area (Å²) in [6.45, 7) is 1.91. The van der Waals surface area contributed by atoms with Crippen molar-refractivity contribution in [3.63, 3.8) is 0 Å². The summed E-state index contributed by atoms with van der Waals surface area (Å²) in [5, 5.41) is 6.99. The van der Waals surface area contributed by atoms with Crippen LogP contribution in [-0.4, -0.2) is 35.6 Å². The summed E-state index contributed by atoms with van der Waals surface area (Å²) in [5.74, 6) is 1.01. The molecule has 9 heteroatoms. The maximum absolute atomic E-state index is 14.2. The number of nitrogens with one attached hydrogen (secondary N) is 2. The van der Waals surface area contributed by atoms with Crippen molar-refractivity contribution in [1.29, 1.82) is 0 Å². The number of rotatable bonds is 5. The Hall–Kier alpha value is -3.62. The molecule has 1 fully saturated rings. The highest BCUT2D eigenvalue weighted by Gasteiger charge is 2.23. The van der Waals surface area contributed by atoms with Gasteiger partial charge in [-0.25, -0.2) is 19.3 Å². The van der Waals surface area contributed by atoms with Gasteiger partial charge in [-0.1, -0.05) is 12.8 Å². The Morgan fingerprint density at radius 3 is 2.75 bits per heavy atom. The second-order valence-corrected chi connectivity index (χ2v) is 8.35. The van der Waals surface area contributed by atoms with E-state index >= 15 is 0 Å². The zero-order valence-corrected chi connectivity index (χ0v) is 18.0. The highest BCUT2D eigenvalue weighted by Crippen LogP contribution is 2.33. The number of H-pyrrole nitrogens is 1. The number of nitrogens with zero attached hydrogens (tertiary/aromatic N) is 5. The van der Waals surface area contributed by atoms with Crippen molar-refractivity contribution in [2.24, 2.45) is 7.05 Å². The van der Waals surface area contributed by atoms with Crippen LogP contribution in [0.2, 0.25) is 0 Å². The van der Waals surface area contributed by atoms with Gasteiger partial charge in [0.1, 0.15) is 23.0 Å². The first-order chi connectivity index (χ1) is 15.5. The van der Waals surface area contributed by atoms with Gasteiger partial charge in [-0.3, -0.25) is 9.48 Å². The molecule has 1 amide bonds. The van der Waals surface area contributed by atoms with Crippen LogP contribution >= 0.6 is 0 Å². The Morgan fingerprint density at radius 1 is 1.19 bits per heavy atom. The molecule has 4 aromatic rings. The van der Waals surface area contributed by atoms with Crippen LogP contribution in [0.15, 0.2) is 30.6 Å². The van der Waals surface area contributed by atoms with E-state index in [2.05, 4.69) is 30.4 Å². The lowest BCUT2D eigenvalue weighted by Crippen LogP contribution is -2.24. The summed E-state index contributed by atoms with van der Waals surface area (Å²) in [6, 6.07) is 4.71. The number of halogens is 1. The highest BCUT2D eigenvalue weighted by atomic mass is 19.1. The standard InChI is InChI=1S/C23H24FN7O/c1-13-27-20(19-22(28-13)30-21(29-19)15-5-3-4-6-15)23(32)25-10-14-7-16(9-18(24)8-14)17-11-26-31(2)12-17/h7-9,11-12,15H,3-6,10H2,1-2H3,(H,25,32)(H,27,28,29,30). The van der Waals surface area contributed by atoms with E-state index in [-0.39, 0.29) is 24.0 Å². The number of amides is 1. The van der Waals surface area contributed by atoms with Crippen molar-refractivity contribution in [2.75, 3.05) is 0 Å². The van der Waals surface area contributed by atoms with Gasteiger partial charge in [-0.2, -0.15) is 5.10 Å². The Labute approximate surface area is 184 Å². The van der Waals surface area contributed by atoms with Crippen LogP contribution in [0.1, 0.15) is 59.3 Å². The first-order valence-corrected chi connectivity index (χ1v) is 10.8. The second kappa shape index (κ2) is 8.14. The van der Waals surface area contributed by atoms with Crippen molar-refractivity contribution >= 4 is 17.1 Å². The van der Waals surface area contributed by atoms with Crippen molar-refractivity contribution in [3.05, 3.63) is 59.3 Å². The number of hydrogen-bond acceptors (Lipinski definition) is 5. The zero-order valence-electron chi connectivity index (χ0n) is 18.0. The van der Waals surface area contributed by atoms with Gasteiger partial charge >= 0.3 is 0 Å². The lowest BCUT2D eigenvalue weighted by Gasteiger charge is -2.08. The molecule has 0 bridgehead atoms. The minimum atomic E-state index is -0.370. The number of aryl methyl sites for hydroxylation is 2. The van der Waals surface area contributed by atoms with Crippen LogP contribution in [-0.2, 0) is 13.6 Å². The van der Waals surface area contributed by atoms with Gasteiger partial charge in [-0.05, 0) is 49.1 Å². The Balaban J connectivity index is 1.39. The fraction of sp³-hybridized carbons (Fsp3) is 0.348. The molecule has 32 heavy (non-hydrogen) atoms. The molecule has 0 saturated heterocycles. The van der Waals surface area contributed by atoms with E-state index in [4.69, 9.17) is 0 Å². The molecule has 1 aromatic carbocycles. The van der Waals surface area contributed by atoms with Crippen LogP contribution in [0.25, 0.3) is 22.3 Å². The van der Waals surface area contributed by atoms with Gasteiger partial charge in [0, 0.05) is 31.3 Å². The summed E-state index contributed by atoms with van der Waals surface area (Å²) in [4.78, 5) is 29.7. The first kappa shape index (κ1) is 20.3. The fourth-order valence-corrected chi connectivity index (χ4v) is 4.34. The molecule has 5 rings (SSSR count). The summed E-state index contributed by atoms with van der Waals surface area (Å²) in [6.07, 6.45) is 8.05. The van der Waals surface area contributed by atoms with E-state index in [0.29, 0.717) is 34.0 Å². The molecule has 0 unspecified atom stereocenters. The van der Waals surface area contributed by atoms with Gasteiger partial charge in [0.2, 0.25) is 0 Å². The Morgan fingerprint density at radius 2 is 2.00 bits per heavy atom. The minimum absolute atomic E-state index is 0.165. The third kappa shape index (κ3) is 3.98. The molecule has 0 spiro atoms. The normalized spacial score (nSPS) is 14.3. The van der Waals surface area contributed by atoms with Crippen LogP contribution < -0.4 is 5.32 Å². The van der Waals surface area contributed by atoms with Gasteiger partial charge < -0.3 is 10.3 Å². The van der Waals surface area contributed by atoms with Crippen LogP contribution in [0.3, 0.4) is 0 Å². The summed E-state index contributed by atoms with van der Waals surface area (Å²) in [5.41, 5.74) is 3.48. The zero-order chi connectivity index (χ0) is 22.2. The summed E-state index contributed by atoms with van der Waals surface area (Å²) in [7, 11) is 1.81. The first-order valence-electron chi connectivity index (χ1n) is 10.8. The number of fused-ring (bicyclic) bond motifs is 1. The number of aromatic nitrogens is 6. The number of carbonyl (C=O) groups is 1. The molecule has 0 atom stereocenters. The van der Waals surface area contributed by atoms with Crippen molar-refractivity contribution in [3.8, 4) is 11.1 Å². The topological polar surface area (TPSA) is 101 Å². The molecule has 0 radical (unpaired) electrons. The number of aromatic amines is 1. The van der Waals surface area contributed by atoms with Crippen molar-refractivity contribution in [1.82, 2.24) is 35.0 Å². The van der Waals surface area contributed by atoms with E-state index in [1.807, 2.05) is 19.3 Å². The SMILES string of the molecule is Cc1nc(C(=O)NCc2cc(F)cc(-c3cnn(C)c3)c2)c2[nH]c(C3CCCC3)nc2n1. The second-order valence-electron chi connectivity index (χ2n) is 8.35. The molecule has 1 aliphatic carbocycles. The van der Waals surface area contributed by atoms with Crippen molar-refractivity contribution < 1.29 is 9.18 Å². The van der Waals surface area contributed by atoms with E-state index in [9.17, 15) is 9.18 Å². The van der Waals surface area contributed by atoms with Gasteiger partial charge in [0.05, 0.1) is 6.20 Å². The predicted octanol–water partition coefficient (Wildman–Crippen LogP) is 3.79. The van der Waals surface area contributed by atoms with Gasteiger partial charge in [0.25, 0.3) is 5.91 Å². The molecule has 1 aliphatic rings. The molecular formula is C23H24FN7O. The minimum Gasteiger partial charge on any atom is -0.347 e. The van der Waals surface area contributed by atoms with Crippen molar-refractivity contribution in [2.45, 2.75) is 45.1 Å². The number of carbonyl (C=O) groups excluding carboxylic acids is 1. The quantitative estimate of drug-likeness (QED) is 0.499. The molecule has 3 heterocycles. The van der Waals surface area contributed by atoms with Gasteiger partial charge in [-0.15, -0.1) is 0 Å². The maximum atomic E-state index is 14.2. The highest BCUT2D eigenvalue weighted by molar-refractivity contribution is 6.02. The summed E-state index contributed by atoms with van der Waals surface area (Å²) < 4.78 is 15.9. The third-order valence-corrected chi connectivity index (χ3v) is 5.89. The maximum Gasteiger partial charge on any atom is 0.272 e. The number of benzene rings is 1. The monoisotopic (exact) mass is 433 g/mol. The van der Waals surface area contributed by atoms with Crippen LogP contribution in [0, 0.1) is 12.7 Å². The Bertz CT molecular complexity index is 1300. The molecule has 0 aliphatic heterocycles. The largest absolute Gasteiger partial charge is 0.347 e. The van der Waals surface area contributed by atoms with E-state index in [1.54, 1.807) is 17.8 Å². The molecule has 1 saturated carbocycles. The lowest BCUT2D eigenvalue weighted by atomic mass is 10.1. The summed E-state index contributed by atoms with van der Waals surface area (Å²) >= 11 is 0. The number of imidazole rings is 1. The van der Waals surface area contributed by atoms with E-state index < -0.39 is 0 Å². The van der Waals surface area contributed by atoms with E-state index in [1.165, 1.54) is 25.0 Å². The third-order valence-electron chi connectivity index (χ3n) is 5.89. The molecular weight excluding hydrogens is 409 g/mol. The Kier molecular flexibility index (Phi) is 5.16. The van der Waals surface area contributed by atoms with Gasteiger partial charge in [0.15, 0.2) is 11.3 Å². The molecule has 2 N–H and O–H groups in total. The lowest BCUT2D eigenvalue weighted by molar-refractivity contribution is 0.0947. The van der Waals surface area contributed by atoms with E-state index in [0.717, 1.165) is 24.2 Å². The predicted molar refractivity (Wildman–Crippen MR) is 117 cm³/mol. The van der Waals surface area contributed by atoms with Crippen LogP contribution in [0.5, 0.6) is 0 Å². The molecule has 164 valence electrons. The number of hydrogen-bond donors (Lipinski definition) is 2. The molecule has 3 aromatic heterocycles. The average Bonchev–Trinajstić information content (AvgIpc) is 3.51. The fourth-order valence-electron chi connectivity index (χ4n) is 4.34. The smallest absolute Gasteiger partial charge is 0.272 e.